The Morgan fingerprint density at radius 1 is 1.12 bits per heavy atom. The minimum Gasteiger partial charge on any atom is -0.491 e. The zero-order valence-corrected chi connectivity index (χ0v) is 27.2. The molecular formula is C33H20ClF5N6O4S. The molecule has 0 fully saturated rings. The van der Waals surface area contributed by atoms with Crippen LogP contribution in [0.1, 0.15) is 45.1 Å². The topological polar surface area (TPSA) is 144 Å². The molecule has 0 aliphatic rings. The third-order valence-corrected chi connectivity index (χ3v) is 8.93. The number of alkyl halides is 5. The number of fused-ring (bicyclic) bond motifs is 2. The van der Waals surface area contributed by atoms with Gasteiger partial charge in [0.2, 0.25) is 0 Å². The lowest BCUT2D eigenvalue weighted by molar-refractivity contribution is -0.137. The molecule has 0 atom stereocenters. The quantitative estimate of drug-likeness (QED) is 0.154. The molecule has 6 rings (SSSR count). The molecule has 0 radical (unpaired) electrons. The Morgan fingerprint density at radius 3 is 2.52 bits per heavy atom. The average molecular weight is 727 g/mol. The summed E-state index contributed by atoms with van der Waals surface area (Å²) in [6.07, 6.45) is -6.79. The maximum Gasteiger partial charge on any atom is 0.417 e. The van der Waals surface area contributed by atoms with Gasteiger partial charge in [-0.15, -0.1) is 11.3 Å². The summed E-state index contributed by atoms with van der Waals surface area (Å²) < 4.78 is 76.8. The lowest BCUT2D eigenvalue weighted by Crippen LogP contribution is -2.27. The van der Waals surface area contributed by atoms with Gasteiger partial charge < -0.3 is 9.84 Å². The number of aryl methyl sites for hydroxylation is 2. The molecule has 10 nitrogen and oxygen atoms in total. The molecular weight excluding hydrogens is 707 g/mol. The fourth-order valence-corrected chi connectivity index (χ4v) is 6.69. The number of thiophene rings is 1. The number of carboxylic acid groups (broad SMARTS) is 1. The molecule has 4 aromatic heterocycles. The molecule has 2 aromatic carbocycles. The normalized spacial score (nSPS) is 11.8. The van der Waals surface area contributed by atoms with Gasteiger partial charge in [0.25, 0.3) is 12.0 Å². The van der Waals surface area contributed by atoms with Crippen LogP contribution in [-0.4, -0.2) is 42.2 Å². The number of ether oxygens (including phenoxy) is 1. The summed E-state index contributed by atoms with van der Waals surface area (Å²) in [7, 11) is 0. The van der Waals surface area contributed by atoms with E-state index in [9.17, 15) is 41.9 Å². The minimum absolute atomic E-state index is 0.0273. The highest BCUT2D eigenvalue weighted by Gasteiger charge is 2.37. The van der Waals surface area contributed by atoms with E-state index in [0.29, 0.717) is 56.3 Å². The summed E-state index contributed by atoms with van der Waals surface area (Å²) >= 11 is 7.52. The zero-order chi connectivity index (χ0) is 36.1. The minimum atomic E-state index is -5.04. The van der Waals surface area contributed by atoms with Gasteiger partial charge in [0.15, 0.2) is 0 Å². The molecule has 0 aliphatic carbocycles. The number of halogens is 6. The van der Waals surface area contributed by atoms with Crippen LogP contribution in [0.5, 0.6) is 5.75 Å². The first kappa shape index (κ1) is 34.3. The number of hydrogen-bond acceptors (Lipinski definition) is 9. The SMILES string of the molecule is Cc1cc(-c2cc(Cl)ccc2OCCn2c(C)nc3cc(C(F)(F)F)c(-c4cnc(C(F)F)cn4)c(C#N)c3c2=O)c2scc(C(=O)O)c2n1. The molecule has 0 spiro atoms. The lowest BCUT2D eigenvalue weighted by Gasteiger charge is -2.18. The molecule has 0 saturated carbocycles. The molecule has 0 saturated heterocycles. The fourth-order valence-electron chi connectivity index (χ4n) is 5.51. The number of nitrogens with zero attached hydrogens (tertiary/aromatic N) is 6. The van der Waals surface area contributed by atoms with Crippen LogP contribution in [0.3, 0.4) is 0 Å². The van der Waals surface area contributed by atoms with Crippen molar-refractivity contribution in [2.75, 3.05) is 6.61 Å². The van der Waals surface area contributed by atoms with Gasteiger partial charge in [-0.1, -0.05) is 11.6 Å². The summed E-state index contributed by atoms with van der Waals surface area (Å²) in [5.74, 6) is -0.780. The molecule has 50 heavy (non-hydrogen) atoms. The van der Waals surface area contributed by atoms with Gasteiger partial charge in [-0.3, -0.25) is 24.3 Å². The van der Waals surface area contributed by atoms with E-state index in [1.165, 1.54) is 23.6 Å². The van der Waals surface area contributed by atoms with Crippen molar-refractivity contribution in [3.63, 3.8) is 0 Å². The first-order chi connectivity index (χ1) is 23.7. The number of aromatic nitrogens is 5. The van der Waals surface area contributed by atoms with Gasteiger partial charge in [-0.2, -0.15) is 18.4 Å². The van der Waals surface area contributed by atoms with Crippen molar-refractivity contribution < 1.29 is 36.6 Å². The number of carboxylic acids is 1. The average Bonchev–Trinajstić information content (AvgIpc) is 3.49. The van der Waals surface area contributed by atoms with E-state index in [0.717, 1.165) is 4.57 Å². The fraction of sp³-hybridized carbons (Fsp3) is 0.182. The van der Waals surface area contributed by atoms with E-state index >= 15 is 0 Å². The Hall–Kier alpha value is -5.53. The summed E-state index contributed by atoms with van der Waals surface area (Å²) in [6.45, 7) is 2.80. The van der Waals surface area contributed by atoms with Crippen molar-refractivity contribution in [2.24, 2.45) is 0 Å². The van der Waals surface area contributed by atoms with E-state index in [-0.39, 0.29) is 24.5 Å². The van der Waals surface area contributed by atoms with Crippen LogP contribution in [0.2, 0.25) is 5.02 Å². The van der Waals surface area contributed by atoms with Gasteiger partial charge in [-0.05, 0) is 44.2 Å². The van der Waals surface area contributed by atoms with Crippen LogP contribution >= 0.6 is 22.9 Å². The molecule has 6 aromatic rings. The summed E-state index contributed by atoms with van der Waals surface area (Å²) in [5.41, 5.74) is -3.40. The highest BCUT2D eigenvalue weighted by atomic mass is 35.5. The van der Waals surface area contributed by atoms with E-state index in [2.05, 4.69) is 19.9 Å². The maximum absolute atomic E-state index is 14.3. The van der Waals surface area contributed by atoms with Gasteiger partial charge >= 0.3 is 12.1 Å². The Balaban J connectivity index is 1.41. The molecule has 4 heterocycles. The third kappa shape index (κ3) is 6.21. The van der Waals surface area contributed by atoms with Crippen LogP contribution in [0, 0.1) is 25.2 Å². The highest BCUT2D eigenvalue weighted by Crippen LogP contribution is 2.42. The largest absolute Gasteiger partial charge is 0.491 e. The Labute approximate surface area is 287 Å². The summed E-state index contributed by atoms with van der Waals surface area (Å²) in [4.78, 5) is 41.4. The standard InChI is InChI=1S/C33H20ClF5N6O4S/c1-14-7-18(29-28(43-14)20(13-50-29)32(47)48)17-8-16(34)3-4-25(17)49-6-5-45-15(2)44-22-9-21(33(37,38)39)26(19(10-40)27(22)31(45)46)23-11-42-24(12-41-23)30(35)36/h3-4,7-9,11-13,30H,5-6H2,1-2H3,(H,47,48). The predicted molar refractivity (Wildman–Crippen MR) is 174 cm³/mol. The highest BCUT2D eigenvalue weighted by molar-refractivity contribution is 7.18. The second-order valence-electron chi connectivity index (χ2n) is 10.9. The van der Waals surface area contributed by atoms with Crippen molar-refractivity contribution in [3.05, 3.63) is 97.4 Å². The van der Waals surface area contributed by atoms with Crippen molar-refractivity contribution in [3.8, 4) is 34.2 Å². The molecule has 17 heteroatoms. The summed E-state index contributed by atoms with van der Waals surface area (Å²) in [6, 6.07) is 8.84. The van der Waals surface area contributed by atoms with Gasteiger partial charge in [0, 0.05) is 32.8 Å². The molecule has 0 unspecified atom stereocenters. The molecule has 0 aliphatic heterocycles. The Bertz CT molecular complexity index is 2440. The number of pyridine rings is 1. The molecule has 0 bridgehead atoms. The first-order valence-corrected chi connectivity index (χ1v) is 15.7. The predicted octanol–water partition coefficient (Wildman–Crippen LogP) is 8.01. The van der Waals surface area contributed by atoms with Gasteiger partial charge in [0.05, 0.1) is 62.4 Å². The molecule has 254 valence electrons. The van der Waals surface area contributed by atoms with Crippen molar-refractivity contribution >= 4 is 50.0 Å². The monoisotopic (exact) mass is 726 g/mol. The van der Waals surface area contributed by atoms with Crippen molar-refractivity contribution in [1.82, 2.24) is 24.5 Å². The Kier molecular flexibility index (Phi) is 8.97. The second-order valence-corrected chi connectivity index (χ2v) is 12.2. The van der Waals surface area contributed by atoms with Gasteiger partial charge in [0.1, 0.15) is 29.9 Å². The van der Waals surface area contributed by atoms with E-state index < -0.39 is 63.1 Å². The number of carbonyl (C=O) groups is 1. The van der Waals surface area contributed by atoms with Crippen LogP contribution in [0.15, 0.2) is 52.9 Å². The van der Waals surface area contributed by atoms with Crippen LogP contribution < -0.4 is 10.3 Å². The van der Waals surface area contributed by atoms with Crippen LogP contribution in [0.25, 0.3) is 43.5 Å². The second kappa shape index (κ2) is 13.1. The van der Waals surface area contributed by atoms with Crippen LogP contribution in [-0.2, 0) is 12.7 Å². The number of rotatable bonds is 8. The first-order valence-electron chi connectivity index (χ1n) is 14.4. The lowest BCUT2D eigenvalue weighted by atomic mass is 9.94. The van der Waals surface area contributed by atoms with Crippen molar-refractivity contribution in [2.45, 2.75) is 33.0 Å². The van der Waals surface area contributed by atoms with Gasteiger partial charge in [-0.25, -0.2) is 18.6 Å². The maximum atomic E-state index is 14.3. The smallest absolute Gasteiger partial charge is 0.417 e. The number of hydrogen-bond donors (Lipinski definition) is 1. The molecule has 1 N–H and O–H groups in total. The summed E-state index contributed by atoms with van der Waals surface area (Å²) in [5, 5.41) is 21.1. The Morgan fingerprint density at radius 2 is 1.88 bits per heavy atom. The number of aromatic carboxylic acids is 1. The van der Waals surface area contributed by atoms with Crippen LogP contribution in [0.4, 0.5) is 22.0 Å². The third-order valence-electron chi connectivity index (χ3n) is 7.69. The molecule has 0 amide bonds. The van der Waals surface area contributed by atoms with E-state index in [1.54, 1.807) is 37.3 Å². The van der Waals surface area contributed by atoms with E-state index in [4.69, 9.17) is 16.3 Å². The van der Waals surface area contributed by atoms with Crippen molar-refractivity contribution in [1.29, 1.82) is 5.26 Å². The van der Waals surface area contributed by atoms with E-state index in [1.807, 2.05) is 0 Å². The number of nitriles is 1. The zero-order valence-electron chi connectivity index (χ0n) is 25.6. The number of benzene rings is 2.